The number of halogens is 2. The highest BCUT2D eigenvalue weighted by atomic mass is 32.1. The van der Waals surface area contributed by atoms with Crippen molar-refractivity contribution < 1.29 is 23.1 Å². The van der Waals surface area contributed by atoms with E-state index in [4.69, 9.17) is 10.5 Å². The Hall–Kier alpha value is -4.10. The standard InChI is InChI=1S/C24H22F2N6O3S2/c1-3-7-28-23(34)32-24-31-20(27)19(37-24)22-30-18(11-36-22)14-9-17(16(26)10-15(14)25)29-21(33)12-5-4-6-13(8-12)35-2/h4-6,8-11H,3,7,27H2,1-2H3,(H,29,33)(H2,28,31,32,34). The first-order valence-corrected chi connectivity index (χ1v) is 12.7. The fourth-order valence-corrected chi connectivity index (χ4v) is 5.02. The van der Waals surface area contributed by atoms with Crippen LogP contribution in [0.4, 0.5) is 30.2 Å². The van der Waals surface area contributed by atoms with Crippen LogP contribution >= 0.6 is 22.7 Å². The van der Waals surface area contributed by atoms with Gasteiger partial charge in [-0.05, 0) is 30.7 Å². The number of aromatic nitrogens is 2. The Bertz CT molecular complexity index is 1460. The predicted molar refractivity (Wildman–Crippen MR) is 141 cm³/mol. The van der Waals surface area contributed by atoms with Crippen molar-refractivity contribution in [3.8, 4) is 26.9 Å². The van der Waals surface area contributed by atoms with Crippen LogP contribution in [0.25, 0.3) is 21.1 Å². The van der Waals surface area contributed by atoms with Crippen molar-refractivity contribution in [1.29, 1.82) is 0 Å². The molecule has 0 aliphatic heterocycles. The zero-order chi connectivity index (χ0) is 26.5. The van der Waals surface area contributed by atoms with Crippen LogP contribution in [-0.2, 0) is 0 Å². The summed E-state index contributed by atoms with van der Waals surface area (Å²) in [6.45, 7) is 2.45. The van der Waals surface area contributed by atoms with Gasteiger partial charge < -0.3 is 21.1 Å². The van der Waals surface area contributed by atoms with Crippen molar-refractivity contribution >= 4 is 51.2 Å². The molecule has 192 valence electrons. The lowest BCUT2D eigenvalue weighted by atomic mass is 10.1. The number of nitrogens with zero attached hydrogens (tertiary/aromatic N) is 2. The summed E-state index contributed by atoms with van der Waals surface area (Å²) in [5.74, 6) is -1.75. The maximum Gasteiger partial charge on any atom is 0.321 e. The molecule has 3 amide bonds. The number of methoxy groups -OCH3 is 1. The number of hydrogen-bond donors (Lipinski definition) is 4. The van der Waals surface area contributed by atoms with Crippen LogP contribution < -0.4 is 26.4 Å². The van der Waals surface area contributed by atoms with Crippen LogP contribution in [-0.4, -0.2) is 35.6 Å². The van der Waals surface area contributed by atoms with Crippen molar-refractivity contribution in [2.75, 3.05) is 30.0 Å². The molecule has 4 rings (SSSR count). The highest BCUT2D eigenvalue weighted by Crippen LogP contribution is 2.39. The van der Waals surface area contributed by atoms with E-state index in [1.54, 1.807) is 23.6 Å². The maximum absolute atomic E-state index is 14.7. The van der Waals surface area contributed by atoms with Gasteiger partial charge in [0.15, 0.2) is 5.13 Å². The van der Waals surface area contributed by atoms with E-state index >= 15 is 0 Å². The third-order valence-electron chi connectivity index (χ3n) is 5.02. The van der Waals surface area contributed by atoms with Crippen LogP contribution in [0.15, 0.2) is 41.8 Å². The van der Waals surface area contributed by atoms with E-state index in [1.807, 2.05) is 6.92 Å². The molecule has 0 saturated carbocycles. The van der Waals surface area contributed by atoms with Gasteiger partial charge >= 0.3 is 6.03 Å². The molecule has 0 radical (unpaired) electrons. The molecule has 5 N–H and O–H groups in total. The lowest BCUT2D eigenvalue weighted by Crippen LogP contribution is -2.29. The highest BCUT2D eigenvalue weighted by Gasteiger charge is 2.20. The van der Waals surface area contributed by atoms with Gasteiger partial charge in [0, 0.05) is 29.1 Å². The molecule has 0 aliphatic rings. The van der Waals surface area contributed by atoms with Crippen LogP contribution in [0, 0.1) is 11.6 Å². The Morgan fingerprint density at radius 2 is 1.92 bits per heavy atom. The van der Waals surface area contributed by atoms with Crippen molar-refractivity contribution in [2.24, 2.45) is 0 Å². The van der Waals surface area contributed by atoms with E-state index in [1.165, 1.54) is 30.6 Å². The van der Waals surface area contributed by atoms with Gasteiger partial charge in [-0.3, -0.25) is 10.1 Å². The normalized spacial score (nSPS) is 10.7. The molecule has 0 fully saturated rings. The number of nitrogens with one attached hydrogen (secondary N) is 3. The van der Waals surface area contributed by atoms with Crippen LogP contribution in [0.3, 0.4) is 0 Å². The summed E-state index contributed by atoms with van der Waals surface area (Å²) in [7, 11) is 1.46. The van der Waals surface area contributed by atoms with Crippen molar-refractivity contribution in [3.05, 3.63) is 59.0 Å². The number of anilines is 3. The van der Waals surface area contributed by atoms with Crippen molar-refractivity contribution in [3.63, 3.8) is 0 Å². The van der Waals surface area contributed by atoms with Gasteiger partial charge in [-0.15, -0.1) is 11.3 Å². The molecule has 0 spiro atoms. The minimum absolute atomic E-state index is 0.00905. The van der Waals surface area contributed by atoms with Gasteiger partial charge in [-0.2, -0.15) is 0 Å². The van der Waals surface area contributed by atoms with Gasteiger partial charge in [-0.25, -0.2) is 23.5 Å². The largest absolute Gasteiger partial charge is 0.497 e. The summed E-state index contributed by atoms with van der Waals surface area (Å²) in [6, 6.07) is 7.81. The summed E-state index contributed by atoms with van der Waals surface area (Å²) >= 11 is 2.30. The lowest BCUT2D eigenvalue weighted by Gasteiger charge is -2.10. The third-order valence-corrected chi connectivity index (χ3v) is 7.00. The summed E-state index contributed by atoms with van der Waals surface area (Å²) in [6.07, 6.45) is 0.785. The SMILES string of the molecule is CCCNC(=O)Nc1nc(N)c(-c2nc(-c3cc(NC(=O)c4cccc(OC)c4)c(F)cc3F)cs2)s1. The summed E-state index contributed by atoms with van der Waals surface area (Å²) in [4.78, 5) is 33.6. The Kier molecular flexibility index (Phi) is 7.94. The van der Waals surface area contributed by atoms with E-state index in [9.17, 15) is 18.4 Å². The summed E-state index contributed by atoms with van der Waals surface area (Å²) in [5, 5.41) is 10.1. The molecule has 37 heavy (non-hydrogen) atoms. The number of carbonyl (C=O) groups is 2. The molecule has 0 saturated heterocycles. The topological polar surface area (TPSA) is 131 Å². The van der Waals surface area contributed by atoms with Gasteiger partial charge in [0.1, 0.15) is 33.1 Å². The maximum atomic E-state index is 14.7. The van der Waals surface area contributed by atoms with Crippen LogP contribution in [0.5, 0.6) is 5.75 Å². The molecule has 9 nitrogen and oxygen atoms in total. The lowest BCUT2D eigenvalue weighted by molar-refractivity contribution is 0.102. The number of carbonyl (C=O) groups excluding carboxylic acids is 2. The van der Waals surface area contributed by atoms with Gasteiger partial charge in [0.2, 0.25) is 0 Å². The Morgan fingerprint density at radius 1 is 1.11 bits per heavy atom. The predicted octanol–water partition coefficient (Wildman–Crippen LogP) is 5.59. The minimum atomic E-state index is -0.934. The molecule has 4 aromatic rings. The van der Waals surface area contributed by atoms with E-state index < -0.39 is 23.6 Å². The molecule has 0 atom stereocenters. The Labute approximate surface area is 218 Å². The number of benzene rings is 2. The second-order valence-electron chi connectivity index (χ2n) is 7.65. The van der Waals surface area contributed by atoms with Gasteiger partial charge in [0.25, 0.3) is 5.91 Å². The zero-order valence-corrected chi connectivity index (χ0v) is 21.4. The Morgan fingerprint density at radius 3 is 2.68 bits per heavy atom. The van der Waals surface area contributed by atoms with E-state index in [0.717, 1.165) is 17.8 Å². The van der Waals surface area contributed by atoms with E-state index in [-0.39, 0.29) is 33.5 Å². The quantitative estimate of drug-likeness (QED) is 0.229. The second-order valence-corrected chi connectivity index (χ2v) is 9.51. The number of rotatable bonds is 8. The first kappa shape index (κ1) is 26.0. The average Bonchev–Trinajstić information content (AvgIpc) is 3.50. The molecule has 13 heteroatoms. The first-order valence-electron chi connectivity index (χ1n) is 11.0. The van der Waals surface area contributed by atoms with Crippen molar-refractivity contribution in [1.82, 2.24) is 15.3 Å². The summed E-state index contributed by atoms with van der Waals surface area (Å²) in [5.41, 5.74) is 6.26. The molecular weight excluding hydrogens is 522 g/mol. The number of ether oxygens (including phenoxy) is 1. The monoisotopic (exact) mass is 544 g/mol. The van der Waals surface area contributed by atoms with Gasteiger partial charge in [0.05, 0.1) is 18.5 Å². The molecule has 0 bridgehead atoms. The average molecular weight is 545 g/mol. The van der Waals surface area contributed by atoms with E-state index in [0.29, 0.717) is 28.2 Å². The molecule has 2 heterocycles. The second kappa shape index (κ2) is 11.3. The summed E-state index contributed by atoms with van der Waals surface area (Å²) < 4.78 is 34.3. The smallest absolute Gasteiger partial charge is 0.321 e. The molecule has 2 aromatic heterocycles. The van der Waals surface area contributed by atoms with Gasteiger partial charge in [-0.1, -0.05) is 24.3 Å². The van der Waals surface area contributed by atoms with Crippen LogP contribution in [0.1, 0.15) is 23.7 Å². The number of urea groups is 1. The van der Waals surface area contributed by atoms with E-state index in [2.05, 4.69) is 25.9 Å². The molecular formula is C24H22F2N6O3S2. The number of hydrogen-bond acceptors (Lipinski definition) is 8. The Balaban J connectivity index is 1.57. The zero-order valence-electron chi connectivity index (χ0n) is 19.7. The number of amides is 3. The van der Waals surface area contributed by atoms with Crippen LogP contribution in [0.2, 0.25) is 0 Å². The number of thiazole rings is 2. The fraction of sp³-hybridized carbons (Fsp3) is 0.167. The molecule has 0 unspecified atom stereocenters. The minimum Gasteiger partial charge on any atom is -0.497 e. The molecule has 0 aliphatic carbocycles. The number of nitrogens with two attached hydrogens (primary N) is 1. The third kappa shape index (κ3) is 6.01. The van der Waals surface area contributed by atoms with Crippen molar-refractivity contribution in [2.45, 2.75) is 13.3 Å². The first-order chi connectivity index (χ1) is 17.8. The molecule has 2 aromatic carbocycles. The fourth-order valence-electron chi connectivity index (χ4n) is 3.22. The number of nitrogen functional groups attached to an aromatic ring is 1. The highest BCUT2D eigenvalue weighted by molar-refractivity contribution is 7.23.